The third-order valence-corrected chi connectivity index (χ3v) is 4.56. The van der Waals surface area contributed by atoms with Crippen LogP contribution in [0.15, 0.2) is 53.6 Å². The van der Waals surface area contributed by atoms with Crippen molar-refractivity contribution in [2.75, 3.05) is 6.54 Å². The third kappa shape index (κ3) is 3.38. The third-order valence-electron chi connectivity index (χ3n) is 4.56. The van der Waals surface area contributed by atoms with E-state index >= 15 is 0 Å². The molecule has 4 rings (SSSR count). The van der Waals surface area contributed by atoms with Gasteiger partial charge in [-0.05, 0) is 19.4 Å². The Kier molecular flexibility index (Phi) is 4.38. The number of benzene rings is 1. The van der Waals surface area contributed by atoms with E-state index in [1.54, 1.807) is 12.7 Å². The molecule has 6 nitrogen and oxygen atoms in total. The second-order valence-corrected chi connectivity index (χ2v) is 6.22. The largest absolute Gasteiger partial charge is 0.439 e. The van der Waals surface area contributed by atoms with Gasteiger partial charge in [0, 0.05) is 11.6 Å². The highest BCUT2D eigenvalue weighted by Gasteiger charge is 2.24. The summed E-state index contributed by atoms with van der Waals surface area (Å²) < 4.78 is 7.88. The highest BCUT2D eigenvalue weighted by Crippen LogP contribution is 2.24. The van der Waals surface area contributed by atoms with Gasteiger partial charge in [-0.15, -0.1) is 0 Å². The molecule has 0 spiro atoms. The van der Waals surface area contributed by atoms with Crippen molar-refractivity contribution in [3.63, 3.8) is 0 Å². The molecule has 3 aromatic rings. The number of oxazole rings is 1. The average molecular weight is 323 g/mol. The number of aromatic nitrogens is 4. The Morgan fingerprint density at radius 1 is 1.17 bits per heavy atom. The van der Waals surface area contributed by atoms with Gasteiger partial charge in [-0.2, -0.15) is 5.10 Å². The molecule has 2 aromatic heterocycles. The normalized spacial score (nSPS) is 18.8. The molecule has 124 valence electrons. The zero-order valence-corrected chi connectivity index (χ0v) is 13.6. The molecule has 0 unspecified atom stereocenters. The number of piperidine rings is 1. The minimum atomic E-state index is 0.451. The Bertz CT molecular complexity index is 753. The quantitative estimate of drug-likeness (QED) is 0.722. The first-order chi connectivity index (χ1) is 11.9. The van der Waals surface area contributed by atoms with E-state index in [1.807, 2.05) is 41.2 Å². The summed E-state index contributed by atoms with van der Waals surface area (Å²) in [5.41, 5.74) is 1.06. The summed E-state index contributed by atoms with van der Waals surface area (Å²) in [5.74, 6) is 1.61. The highest BCUT2D eigenvalue weighted by atomic mass is 16.4. The van der Waals surface area contributed by atoms with E-state index in [4.69, 9.17) is 4.42 Å². The van der Waals surface area contributed by atoms with Gasteiger partial charge in [0.15, 0.2) is 5.76 Å². The van der Waals surface area contributed by atoms with E-state index in [9.17, 15) is 0 Å². The average Bonchev–Trinajstić information content (AvgIpc) is 3.29. The standard InChI is InChI=1S/C18H21N5O/c1-2-6-15(7-3-1)17-10-20-18(24-17)12-22-9-5-4-8-16(22)11-23-14-19-13-21-23/h1-3,6-7,10,13-14,16H,4-5,8-9,11-12H2/t16-/m0/s1. The van der Waals surface area contributed by atoms with E-state index in [-0.39, 0.29) is 0 Å². The van der Waals surface area contributed by atoms with Crippen molar-refractivity contribution in [3.05, 3.63) is 55.1 Å². The first-order valence-corrected chi connectivity index (χ1v) is 8.45. The predicted molar refractivity (Wildman–Crippen MR) is 90.0 cm³/mol. The zero-order valence-electron chi connectivity index (χ0n) is 13.6. The van der Waals surface area contributed by atoms with Gasteiger partial charge < -0.3 is 4.42 Å². The summed E-state index contributed by atoms with van der Waals surface area (Å²) in [5, 5.41) is 4.24. The summed E-state index contributed by atoms with van der Waals surface area (Å²) >= 11 is 0. The molecule has 0 N–H and O–H groups in total. The first kappa shape index (κ1) is 15.1. The van der Waals surface area contributed by atoms with Gasteiger partial charge in [-0.25, -0.2) is 9.97 Å². The Labute approximate surface area is 141 Å². The van der Waals surface area contributed by atoms with Crippen LogP contribution in [0.1, 0.15) is 25.2 Å². The molecule has 24 heavy (non-hydrogen) atoms. The molecule has 3 heterocycles. The molecule has 0 amide bonds. The SMILES string of the molecule is c1ccc(-c2cnc(CN3CCCC[C@H]3Cn3cncn3)o2)cc1. The van der Waals surface area contributed by atoms with Gasteiger partial charge >= 0.3 is 0 Å². The van der Waals surface area contributed by atoms with Gasteiger partial charge in [0.1, 0.15) is 12.7 Å². The zero-order chi connectivity index (χ0) is 16.2. The summed E-state index contributed by atoms with van der Waals surface area (Å²) in [7, 11) is 0. The van der Waals surface area contributed by atoms with Crippen LogP contribution in [0.4, 0.5) is 0 Å². The maximum absolute atomic E-state index is 5.97. The molecular formula is C18H21N5O. The monoisotopic (exact) mass is 323 g/mol. The lowest BCUT2D eigenvalue weighted by Crippen LogP contribution is -2.41. The van der Waals surface area contributed by atoms with Crippen LogP contribution < -0.4 is 0 Å². The van der Waals surface area contributed by atoms with Gasteiger partial charge in [0.2, 0.25) is 5.89 Å². The van der Waals surface area contributed by atoms with Gasteiger partial charge in [0.25, 0.3) is 0 Å². The predicted octanol–water partition coefficient (Wildman–Crippen LogP) is 2.99. The highest BCUT2D eigenvalue weighted by molar-refractivity contribution is 5.55. The lowest BCUT2D eigenvalue weighted by atomic mass is 10.0. The number of rotatable bonds is 5. The molecule has 0 aliphatic carbocycles. The van der Waals surface area contributed by atoms with Crippen molar-refractivity contribution in [2.24, 2.45) is 0 Å². The molecule has 1 saturated heterocycles. The number of hydrogen-bond donors (Lipinski definition) is 0. The Hall–Kier alpha value is -2.47. The molecule has 0 bridgehead atoms. The van der Waals surface area contributed by atoms with E-state index in [1.165, 1.54) is 19.3 Å². The first-order valence-electron chi connectivity index (χ1n) is 8.45. The van der Waals surface area contributed by atoms with Crippen molar-refractivity contribution in [1.82, 2.24) is 24.6 Å². The molecule has 1 fully saturated rings. The summed E-state index contributed by atoms with van der Waals surface area (Å²) in [6, 6.07) is 10.6. The minimum Gasteiger partial charge on any atom is -0.439 e. The van der Waals surface area contributed by atoms with Crippen molar-refractivity contribution in [3.8, 4) is 11.3 Å². The van der Waals surface area contributed by atoms with Crippen LogP contribution in [0.2, 0.25) is 0 Å². The van der Waals surface area contributed by atoms with Crippen LogP contribution in [-0.2, 0) is 13.1 Å². The second kappa shape index (κ2) is 6.97. The van der Waals surface area contributed by atoms with Gasteiger partial charge in [-0.1, -0.05) is 36.8 Å². The lowest BCUT2D eigenvalue weighted by molar-refractivity contribution is 0.111. The van der Waals surface area contributed by atoms with Crippen molar-refractivity contribution >= 4 is 0 Å². The molecular weight excluding hydrogens is 302 g/mol. The van der Waals surface area contributed by atoms with E-state index in [2.05, 4.69) is 20.0 Å². The van der Waals surface area contributed by atoms with Crippen LogP contribution in [-0.4, -0.2) is 37.2 Å². The van der Waals surface area contributed by atoms with E-state index < -0.39 is 0 Å². The van der Waals surface area contributed by atoms with Gasteiger partial charge in [-0.3, -0.25) is 9.58 Å². The van der Waals surface area contributed by atoms with E-state index in [0.717, 1.165) is 36.8 Å². The second-order valence-electron chi connectivity index (χ2n) is 6.22. The Balaban J connectivity index is 1.46. The Morgan fingerprint density at radius 3 is 2.92 bits per heavy atom. The summed E-state index contributed by atoms with van der Waals surface area (Å²) in [4.78, 5) is 11.0. The van der Waals surface area contributed by atoms with Crippen LogP contribution >= 0.6 is 0 Å². The van der Waals surface area contributed by atoms with Crippen molar-refractivity contribution in [1.29, 1.82) is 0 Å². The maximum Gasteiger partial charge on any atom is 0.209 e. The molecule has 1 aliphatic rings. The van der Waals surface area contributed by atoms with Crippen molar-refractivity contribution in [2.45, 2.75) is 38.4 Å². The maximum atomic E-state index is 5.97. The lowest BCUT2D eigenvalue weighted by Gasteiger charge is -2.34. The Morgan fingerprint density at radius 2 is 2.08 bits per heavy atom. The molecule has 0 saturated carbocycles. The fourth-order valence-electron chi connectivity index (χ4n) is 3.31. The van der Waals surface area contributed by atoms with Crippen LogP contribution in [0.5, 0.6) is 0 Å². The molecule has 0 radical (unpaired) electrons. The molecule has 6 heteroatoms. The van der Waals surface area contributed by atoms with Crippen LogP contribution in [0.25, 0.3) is 11.3 Å². The fraction of sp³-hybridized carbons (Fsp3) is 0.389. The fourth-order valence-corrected chi connectivity index (χ4v) is 3.31. The summed E-state index contributed by atoms with van der Waals surface area (Å²) in [6.07, 6.45) is 8.85. The van der Waals surface area contributed by atoms with Gasteiger partial charge in [0.05, 0.1) is 19.3 Å². The van der Waals surface area contributed by atoms with E-state index in [0.29, 0.717) is 6.04 Å². The van der Waals surface area contributed by atoms with Crippen LogP contribution in [0, 0.1) is 0 Å². The summed E-state index contributed by atoms with van der Waals surface area (Å²) in [6.45, 7) is 2.68. The number of nitrogens with zero attached hydrogens (tertiary/aromatic N) is 5. The molecule has 1 aliphatic heterocycles. The van der Waals surface area contributed by atoms with Crippen LogP contribution in [0.3, 0.4) is 0 Å². The molecule has 1 aromatic carbocycles. The number of hydrogen-bond acceptors (Lipinski definition) is 5. The minimum absolute atomic E-state index is 0.451. The smallest absolute Gasteiger partial charge is 0.209 e. The van der Waals surface area contributed by atoms with Crippen molar-refractivity contribution < 1.29 is 4.42 Å². The molecule has 1 atom stereocenters. The topological polar surface area (TPSA) is 60.0 Å². The number of likely N-dealkylation sites (tertiary alicyclic amines) is 1.